The Morgan fingerprint density at radius 3 is 2.59 bits per heavy atom. The lowest BCUT2D eigenvalue weighted by Crippen LogP contribution is -2.40. The summed E-state index contributed by atoms with van der Waals surface area (Å²) in [7, 11) is 0. The molecule has 0 bridgehead atoms. The maximum Gasteiger partial charge on any atom is 0.416 e. The lowest BCUT2D eigenvalue weighted by molar-refractivity contribution is -0.201. The predicted octanol–water partition coefficient (Wildman–Crippen LogP) is 3.32. The monoisotopic (exact) mass is 443 g/mol. The Morgan fingerprint density at radius 1 is 1.22 bits per heavy atom. The highest BCUT2D eigenvalue weighted by molar-refractivity contribution is 6.03. The summed E-state index contributed by atoms with van der Waals surface area (Å²) >= 11 is 0. The average Bonchev–Trinajstić information content (AvgIpc) is 3.63. The number of pyridine rings is 3. The van der Waals surface area contributed by atoms with Crippen molar-refractivity contribution in [3.63, 3.8) is 0 Å². The number of anilines is 1. The number of carbonyl (C=O) groups excluding carboxylic acids is 1. The first kappa shape index (κ1) is 21.7. The Kier molecular flexibility index (Phi) is 5.79. The SMILES string of the molecule is Nc1c(C(=O)NCC(O)C(F)(F)F)cc(-c2ccc(C3CC3)nc2)nc1-c1cccnc1. The van der Waals surface area contributed by atoms with E-state index in [1.54, 1.807) is 24.5 Å². The zero-order valence-corrected chi connectivity index (χ0v) is 16.8. The van der Waals surface area contributed by atoms with Gasteiger partial charge in [0.2, 0.25) is 0 Å². The number of carbonyl (C=O) groups is 1. The minimum Gasteiger partial charge on any atom is -0.396 e. The standard InChI is InChI=1S/C22H20F3N5O2/c23-22(24,25)18(31)11-29-21(32)15-8-17(13-5-6-16(28-10-13)12-3-4-12)30-20(19(15)26)14-2-1-7-27-9-14/h1-2,5-10,12,18,31H,3-4,11,26H2,(H,29,32). The van der Waals surface area contributed by atoms with Gasteiger partial charge in [-0.25, -0.2) is 4.98 Å². The average molecular weight is 443 g/mol. The van der Waals surface area contributed by atoms with Crippen molar-refractivity contribution < 1.29 is 23.1 Å². The Labute approximate surface area is 181 Å². The molecule has 1 amide bonds. The first-order chi connectivity index (χ1) is 15.2. The molecule has 1 fully saturated rings. The molecule has 1 aliphatic rings. The lowest BCUT2D eigenvalue weighted by atomic mass is 10.0. The number of nitrogens with two attached hydrogens (primary N) is 1. The van der Waals surface area contributed by atoms with Crippen LogP contribution in [0.3, 0.4) is 0 Å². The van der Waals surface area contributed by atoms with Gasteiger partial charge in [0.05, 0.1) is 29.2 Å². The van der Waals surface area contributed by atoms with Gasteiger partial charge in [0.1, 0.15) is 0 Å². The molecule has 1 saturated carbocycles. The number of aromatic nitrogens is 3. The van der Waals surface area contributed by atoms with Gasteiger partial charge in [-0.15, -0.1) is 0 Å². The van der Waals surface area contributed by atoms with Crippen LogP contribution in [0, 0.1) is 0 Å². The Hall–Kier alpha value is -3.53. The number of aliphatic hydroxyl groups is 1. The van der Waals surface area contributed by atoms with Crippen molar-refractivity contribution in [1.82, 2.24) is 20.3 Å². The number of nitrogens with zero attached hydrogens (tertiary/aromatic N) is 3. The molecule has 0 aromatic carbocycles. The van der Waals surface area contributed by atoms with E-state index in [-0.39, 0.29) is 16.9 Å². The predicted molar refractivity (Wildman–Crippen MR) is 111 cm³/mol. The van der Waals surface area contributed by atoms with Gasteiger partial charge in [0, 0.05) is 41.3 Å². The second kappa shape index (κ2) is 8.54. The number of hydrogen-bond acceptors (Lipinski definition) is 6. The topological polar surface area (TPSA) is 114 Å². The van der Waals surface area contributed by atoms with E-state index in [1.165, 1.54) is 12.3 Å². The van der Waals surface area contributed by atoms with Crippen LogP contribution in [0.1, 0.15) is 34.8 Å². The molecule has 3 aromatic rings. The van der Waals surface area contributed by atoms with E-state index in [0.717, 1.165) is 18.5 Å². The maximum absolute atomic E-state index is 12.7. The Morgan fingerprint density at radius 2 is 2.00 bits per heavy atom. The molecule has 166 valence electrons. The van der Waals surface area contributed by atoms with Gasteiger partial charge in [-0.3, -0.25) is 14.8 Å². The van der Waals surface area contributed by atoms with E-state index in [2.05, 4.69) is 20.3 Å². The van der Waals surface area contributed by atoms with Crippen LogP contribution >= 0.6 is 0 Å². The van der Waals surface area contributed by atoms with Crippen LogP contribution in [0.4, 0.5) is 18.9 Å². The molecule has 32 heavy (non-hydrogen) atoms. The normalized spacial score (nSPS) is 14.8. The highest BCUT2D eigenvalue weighted by Crippen LogP contribution is 2.39. The molecule has 0 spiro atoms. The first-order valence-electron chi connectivity index (χ1n) is 9.94. The lowest BCUT2D eigenvalue weighted by Gasteiger charge is -2.17. The second-order valence-corrected chi connectivity index (χ2v) is 7.57. The van der Waals surface area contributed by atoms with Gasteiger partial charge in [0.25, 0.3) is 5.91 Å². The molecule has 0 aliphatic heterocycles. The third-order valence-electron chi connectivity index (χ3n) is 5.15. The van der Waals surface area contributed by atoms with E-state index >= 15 is 0 Å². The molecule has 1 atom stereocenters. The van der Waals surface area contributed by atoms with Gasteiger partial charge in [-0.05, 0) is 43.2 Å². The molecule has 3 aromatic heterocycles. The zero-order chi connectivity index (χ0) is 22.9. The third-order valence-corrected chi connectivity index (χ3v) is 5.15. The summed E-state index contributed by atoms with van der Waals surface area (Å²) in [5, 5.41) is 11.3. The van der Waals surface area contributed by atoms with Crippen LogP contribution in [0.5, 0.6) is 0 Å². The molecular formula is C22H20F3N5O2. The Balaban J connectivity index is 1.71. The molecular weight excluding hydrogens is 423 g/mol. The number of halogens is 3. The van der Waals surface area contributed by atoms with Crippen molar-refractivity contribution in [3.8, 4) is 22.5 Å². The highest BCUT2D eigenvalue weighted by atomic mass is 19.4. The van der Waals surface area contributed by atoms with Crippen molar-refractivity contribution in [3.05, 3.63) is 60.2 Å². The van der Waals surface area contributed by atoms with Crippen LogP contribution in [0.15, 0.2) is 48.9 Å². The van der Waals surface area contributed by atoms with Crippen LogP contribution < -0.4 is 11.1 Å². The zero-order valence-electron chi connectivity index (χ0n) is 16.8. The molecule has 0 radical (unpaired) electrons. The van der Waals surface area contributed by atoms with Crippen molar-refractivity contribution in [2.75, 3.05) is 12.3 Å². The molecule has 10 heteroatoms. The minimum atomic E-state index is -4.85. The summed E-state index contributed by atoms with van der Waals surface area (Å²) in [5.74, 6) is -0.391. The first-order valence-corrected chi connectivity index (χ1v) is 9.94. The maximum atomic E-state index is 12.7. The molecule has 0 saturated heterocycles. The van der Waals surface area contributed by atoms with Crippen molar-refractivity contribution in [1.29, 1.82) is 0 Å². The summed E-state index contributed by atoms with van der Waals surface area (Å²) in [6.07, 6.45) is -0.600. The molecule has 3 heterocycles. The van der Waals surface area contributed by atoms with Crippen LogP contribution in [-0.4, -0.2) is 44.8 Å². The molecule has 4 rings (SSSR count). The summed E-state index contributed by atoms with van der Waals surface area (Å²) in [5.41, 5.74) is 8.91. The number of hydrogen-bond donors (Lipinski definition) is 3. The molecule has 1 unspecified atom stereocenters. The summed E-state index contributed by atoms with van der Waals surface area (Å²) < 4.78 is 37.8. The van der Waals surface area contributed by atoms with Crippen LogP contribution in [-0.2, 0) is 0 Å². The number of aliphatic hydroxyl groups excluding tert-OH is 1. The Bertz CT molecular complexity index is 1120. The van der Waals surface area contributed by atoms with E-state index < -0.39 is 24.7 Å². The summed E-state index contributed by atoms with van der Waals surface area (Å²) in [4.78, 5) is 25.8. The summed E-state index contributed by atoms with van der Waals surface area (Å²) in [6, 6.07) is 8.52. The van der Waals surface area contributed by atoms with Gasteiger partial charge < -0.3 is 16.2 Å². The molecule has 1 aliphatic carbocycles. The van der Waals surface area contributed by atoms with Crippen LogP contribution in [0.25, 0.3) is 22.5 Å². The van der Waals surface area contributed by atoms with E-state index in [9.17, 15) is 23.1 Å². The quantitative estimate of drug-likeness (QED) is 0.539. The summed E-state index contributed by atoms with van der Waals surface area (Å²) in [6.45, 7) is -1.00. The van der Waals surface area contributed by atoms with Crippen molar-refractivity contribution in [2.24, 2.45) is 0 Å². The fourth-order valence-corrected chi connectivity index (χ4v) is 3.19. The van der Waals surface area contributed by atoms with Crippen LogP contribution in [0.2, 0.25) is 0 Å². The highest BCUT2D eigenvalue weighted by Gasteiger charge is 2.38. The fraction of sp³-hybridized carbons (Fsp3) is 0.273. The second-order valence-electron chi connectivity index (χ2n) is 7.57. The van der Waals surface area contributed by atoms with E-state index in [0.29, 0.717) is 22.7 Å². The van der Waals surface area contributed by atoms with Gasteiger partial charge in [0.15, 0.2) is 6.10 Å². The van der Waals surface area contributed by atoms with Gasteiger partial charge in [-0.1, -0.05) is 0 Å². The number of alkyl halides is 3. The van der Waals surface area contributed by atoms with Crippen molar-refractivity contribution in [2.45, 2.75) is 31.0 Å². The van der Waals surface area contributed by atoms with E-state index in [4.69, 9.17) is 5.73 Å². The smallest absolute Gasteiger partial charge is 0.396 e. The number of amides is 1. The largest absolute Gasteiger partial charge is 0.416 e. The van der Waals surface area contributed by atoms with E-state index in [1.807, 2.05) is 12.1 Å². The fourth-order valence-electron chi connectivity index (χ4n) is 3.19. The van der Waals surface area contributed by atoms with Crippen molar-refractivity contribution >= 4 is 11.6 Å². The third kappa shape index (κ3) is 4.70. The molecule has 4 N–H and O–H groups in total. The number of rotatable bonds is 6. The molecule has 7 nitrogen and oxygen atoms in total. The van der Waals surface area contributed by atoms with Gasteiger partial charge >= 0.3 is 6.18 Å². The minimum absolute atomic E-state index is 0.0108. The van der Waals surface area contributed by atoms with Gasteiger partial charge in [-0.2, -0.15) is 13.2 Å². The number of nitrogen functional groups attached to an aromatic ring is 1. The number of nitrogens with one attached hydrogen (secondary N) is 1.